The molecule has 0 amide bonds. The second kappa shape index (κ2) is 5.75. The van der Waals surface area contributed by atoms with Gasteiger partial charge in [-0.15, -0.1) is 0 Å². The first-order valence-electron chi connectivity index (χ1n) is 5.34. The first-order valence-corrected chi connectivity index (χ1v) is 6.47. The molecule has 2 rings (SSSR count). The van der Waals surface area contributed by atoms with E-state index in [4.69, 9.17) is 34.8 Å². The predicted octanol–water partition coefficient (Wildman–Crippen LogP) is 5.62. The Kier molecular flexibility index (Phi) is 4.28. The molecule has 0 bridgehead atoms. The Hall–Kier alpha value is -1.02. The van der Waals surface area contributed by atoms with Gasteiger partial charge in [-0.2, -0.15) is 0 Å². The largest absolute Gasteiger partial charge is 0.236 e. The summed E-state index contributed by atoms with van der Waals surface area (Å²) in [6.45, 7) is 1.97. The zero-order chi connectivity index (χ0) is 13.1. The molecule has 0 N–H and O–H groups in total. The van der Waals surface area contributed by atoms with Gasteiger partial charge < -0.3 is 0 Å². The van der Waals surface area contributed by atoms with E-state index in [0.29, 0.717) is 20.8 Å². The van der Waals surface area contributed by atoms with Crippen LogP contribution in [0.1, 0.15) is 11.1 Å². The molecular weight excluding hydrogens is 289 g/mol. The van der Waals surface area contributed by atoms with Crippen molar-refractivity contribution >= 4 is 45.7 Å². The molecule has 0 radical (unpaired) electrons. The lowest BCUT2D eigenvalue weighted by Gasteiger charge is -2.05. The van der Waals surface area contributed by atoms with Crippen molar-refractivity contribution in [1.29, 1.82) is 0 Å². The molecule has 0 heterocycles. The summed E-state index contributed by atoms with van der Waals surface area (Å²) in [5, 5.41) is 1.27. The van der Waals surface area contributed by atoms with Crippen molar-refractivity contribution in [3.8, 4) is 0 Å². The Morgan fingerprint density at radius 3 is 2.17 bits per heavy atom. The van der Waals surface area contributed by atoms with Crippen LogP contribution in [-0.2, 0) is 0 Å². The van der Waals surface area contributed by atoms with Crippen molar-refractivity contribution in [2.75, 3.05) is 0 Å². The van der Waals surface area contributed by atoms with E-state index in [1.165, 1.54) is 0 Å². The van der Waals surface area contributed by atoms with Gasteiger partial charge in [-0.3, -0.25) is 0 Å². The minimum Gasteiger partial charge on any atom is -0.236 e. The van der Waals surface area contributed by atoms with Gasteiger partial charge in [0.1, 0.15) is 5.17 Å². The second-order valence-corrected chi connectivity index (χ2v) is 4.96. The third-order valence-electron chi connectivity index (χ3n) is 2.50. The molecule has 2 aromatic carbocycles. The fraction of sp³-hybridized carbons (Fsp3) is 0.0714. The van der Waals surface area contributed by atoms with Crippen LogP contribution in [0, 0.1) is 6.92 Å². The summed E-state index contributed by atoms with van der Waals surface area (Å²) in [7, 11) is 0. The molecular formula is C14H10Cl3N. The van der Waals surface area contributed by atoms with Crippen LogP contribution in [0.5, 0.6) is 0 Å². The van der Waals surface area contributed by atoms with Crippen LogP contribution in [0.2, 0.25) is 10.0 Å². The molecule has 1 nitrogen and oxygen atoms in total. The predicted molar refractivity (Wildman–Crippen MR) is 79.7 cm³/mol. The van der Waals surface area contributed by atoms with Crippen molar-refractivity contribution in [3.63, 3.8) is 0 Å². The minimum atomic E-state index is 0.292. The zero-order valence-corrected chi connectivity index (χ0v) is 11.9. The highest BCUT2D eigenvalue weighted by molar-refractivity contribution is 6.71. The molecule has 0 aliphatic rings. The van der Waals surface area contributed by atoms with E-state index in [-0.39, 0.29) is 0 Å². The number of halogens is 3. The van der Waals surface area contributed by atoms with Crippen LogP contribution in [0.3, 0.4) is 0 Å². The van der Waals surface area contributed by atoms with Gasteiger partial charge in [-0.1, -0.05) is 59.1 Å². The molecule has 0 saturated heterocycles. The maximum atomic E-state index is 6.20. The Morgan fingerprint density at radius 2 is 1.56 bits per heavy atom. The summed E-state index contributed by atoms with van der Waals surface area (Å²) >= 11 is 18.4. The van der Waals surface area contributed by atoms with E-state index in [9.17, 15) is 0 Å². The summed E-state index contributed by atoms with van der Waals surface area (Å²) in [4.78, 5) is 4.36. The second-order valence-electron chi connectivity index (χ2n) is 3.79. The topological polar surface area (TPSA) is 12.4 Å². The van der Waals surface area contributed by atoms with Crippen LogP contribution in [0.25, 0.3) is 0 Å². The van der Waals surface area contributed by atoms with Crippen LogP contribution in [0.4, 0.5) is 5.69 Å². The Morgan fingerprint density at radius 1 is 0.944 bits per heavy atom. The molecule has 0 atom stereocenters. The van der Waals surface area contributed by atoms with Crippen LogP contribution in [-0.4, -0.2) is 5.17 Å². The van der Waals surface area contributed by atoms with Gasteiger partial charge in [0.2, 0.25) is 0 Å². The lowest BCUT2D eigenvalue weighted by Crippen LogP contribution is -1.94. The molecule has 0 unspecified atom stereocenters. The molecule has 4 heteroatoms. The molecule has 18 heavy (non-hydrogen) atoms. The maximum Gasteiger partial charge on any atom is 0.139 e. The number of nitrogens with zero attached hydrogens (tertiary/aromatic N) is 1. The van der Waals surface area contributed by atoms with Gasteiger partial charge in [0, 0.05) is 5.56 Å². The van der Waals surface area contributed by atoms with Gasteiger partial charge in [0.25, 0.3) is 0 Å². The van der Waals surface area contributed by atoms with Crippen molar-refractivity contribution in [1.82, 2.24) is 0 Å². The normalized spacial score (nSPS) is 11.7. The van der Waals surface area contributed by atoms with Gasteiger partial charge in [0.15, 0.2) is 0 Å². The summed E-state index contributed by atoms with van der Waals surface area (Å²) in [6.07, 6.45) is 0. The van der Waals surface area contributed by atoms with Gasteiger partial charge in [-0.05, 0) is 30.7 Å². The van der Waals surface area contributed by atoms with Crippen molar-refractivity contribution in [2.24, 2.45) is 4.99 Å². The van der Waals surface area contributed by atoms with Crippen molar-refractivity contribution < 1.29 is 0 Å². The third kappa shape index (κ3) is 2.86. The number of para-hydroxylation sites is 1. The van der Waals surface area contributed by atoms with E-state index in [1.54, 1.807) is 18.2 Å². The fourth-order valence-electron chi connectivity index (χ4n) is 1.55. The molecule has 0 spiro atoms. The summed E-state index contributed by atoms with van der Waals surface area (Å²) < 4.78 is 0. The lowest BCUT2D eigenvalue weighted by molar-refractivity contribution is 1.40. The molecule has 2 aromatic rings. The highest BCUT2D eigenvalue weighted by atomic mass is 35.5. The number of aryl methyl sites for hydroxylation is 1. The Labute approximate surface area is 121 Å². The maximum absolute atomic E-state index is 6.20. The first kappa shape index (κ1) is 13.4. The van der Waals surface area contributed by atoms with Crippen LogP contribution < -0.4 is 0 Å². The van der Waals surface area contributed by atoms with Gasteiger partial charge in [-0.25, -0.2) is 4.99 Å². The average molecular weight is 299 g/mol. The minimum absolute atomic E-state index is 0.292. The summed E-state index contributed by atoms with van der Waals surface area (Å²) in [5.41, 5.74) is 2.41. The smallest absolute Gasteiger partial charge is 0.139 e. The number of aliphatic imine (C=N–C) groups is 1. The van der Waals surface area contributed by atoms with E-state index in [0.717, 1.165) is 11.3 Å². The monoisotopic (exact) mass is 297 g/mol. The number of benzene rings is 2. The SMILES string of the molecule is Cc1ccccc1/N=C(\Cl)c1c(Cl)cccc1Cl. The fourth-order valence-corrected chi connectivity index (χ4v) is 2.51. The zero-order valence-electron chi connectivity index (χ0n) is 9.62. The van der Waals surface area contributed by atoms with Gasteiger partial charge >= 0.3 is 0 Å². The molecule has 0 aliphatic carbocycles. The van der Waals surface area contributed by atoms with Crippen LogP contribution in [0.15, 0.2) is 47.5 Å². The average Bonchev–Trinajstić information content (AvgIpc) is 2.32. The highest BCUT2D eigenvalue weighted by Gasteiger charge is 2.10. The van der Waals surface area contributed by atoms with Crippen LogP contribution >= 0.6 is 34.8 Å². The summed E-state index contributed by atoms with van der Waals surface area (Å²) in [6, 6.07) is 13.0. The van der Waals surface area contributed by atoms with Gasteiger partial charge in [0.05, 0.1) is 15.7 Å². The van der Waals surface area contributed by atoms with E-state index >= 15 is 0 Å². The standard InChI is InChI=1S/C14H10Cl3N/c1-9-5-2-3-8-12(9)18-14(17)13-10(15)6-4-7-11(13)16/h2-8H,1H3/b18-14-. The van der Waals surface area contributed by atoms with Crippen molar-refractivity contribution in [3.05, 3.63) is 63.6 Å². The summed E-state index contributed by atoms with van der Waals surface area (Å²) in [5.74, 6) is 0. The number of hydrogen-bond donors (Lipinski definition) is 0. The molecule has 0 saturated carbocycles. The molecule has 92 valence electrons. The first-order chi connectivity index (χ1) is 8.59. The Bertz CT molecular complexity index is 585. The third-order valence-corrected chi connectivity index (χ3v) is 3.41. The lowest BCUT2D eigenvalue weighted by atomic mass is 10.2. The molecule has 0 fully saturated rings. The number of hydrogen-bond acceptors (Lipinski definition) is 1. The molecule has 0 aliphatic heterocycles. The quantitative estimate of drug-likeness (QED) is 0.638. The number of rotatable bonds is 2. The van der Waals surface area contributed by atoms with Crippen molar-refractivity contribution in [2.45, 2.75) is 6.92 Å². The molecule has 0 aromatic heterocycles. The van der Waals surface area contributed by atoms with E-state index in [1.807, 2.05) is 31.2 Å². The Balaban J connectivity index is 2.49. The highest BCUT2D eigenvalue weighted by Crippen LogP contribution is 2.28. The van der Waals surface area contributed by atoms with E-state index < -0.39 is 0 Å². The van der Waals surface area contributed by atoms with E-state index in [2.05, 4.69) is 4.99 Å².